The van der Waals surface area contributed by atoms with Gasteiger partial charge in [0.25, 0.3) is 5.91 Å². The molecule has 0 aliphatic heterocycles. The topological polar surface area (TPSA) is 87.7 Å². The first kappa shape index (κ1) is 19.3. The minimum Gasteiger partial charge on any atom is -0.449 e. The predicted molar refractivity (Wildman–Crippen MR) is 91.9 cm³/mol. The van der Waals surface area contributed by atoms with Crippen molar-refractivity contribution in [3.63, 3.8) is 0 Å². The van der Waals surface area contributed by atoms with Crippen LogP contribution < -0.4 is 10.6 Å². The number of hydrogen-bond acceptors (Lipinski definition) is 5. The predicted octanol–water partition coefficient (Wildman–Crippen LogP) is 2.55. The van der Waals surface area contributed by atoms with Gasteiger partial charge in [0.05, 0.1) is 17.9 Å². The van der Waals surface area contributed by atoms with E-state index < -0.39 is 29.6 Å². The molecule has 0 aromatic heterocycles. The van der Waals surface area contributed by atoms with E-state index in [0.717, 1.165) is 12.1 Å². The number of carbonyl (C=O) groups is 2. The van der Waals surface area contributed by atoms with Crippen molar-refractivity contribution in [2.24, 2.45) is 0 Å². The number of anilines is 2. The Morgan fingerprint density at radius 2 is 1.88 bits per heavy atom. The first-order valence-electron chi connectivity index (χ1n) is 7.83. The summed E-state index contributed by atoms with van der Waals surface area (Å²) >= 11 is 0. The van der Waals surface area contributed by atoms with Crippen LogP contribution in [-0.2, 0) is 9.53 Å². The maximum Gasteiger partial charge on any atom is 0.341 e. The first-order valence-corrected chi connectivity index (χ1v) is 7.83. The van der Waals surface area contributed by atoms with Gasteiger partial charge in [-0.1, -0.05) is 12.1 Å². The van der Waals surface area contributed by atoms with Crippen LogP contribution in [0.2, 0.25) is 0 Å². The second-order valence-electron chi connectivity index (χ2n) is 5.36. The molecule has 0 saturated carbocycles. The summed E-state index contributed by atoms with van der Waals surface area (Å²) in [7, 11) is 0. The normalized spacial score (nSPS) is 11.5. The van der Waals surface area contributed by atoms with Crippen LogP contribution in [0, 0.1) is 11.6 Å². The first-order chi connectivity index (χ1) is 12.4. The zero-order valence-corrected chi connectivity index (χ0v) is 14.0. The quantitative estimate of drug-likeness (QED) is 0.657. The van der Waals surface area contributed by atoms with Gasteiger partial charge in [0.15, 0.2) is 6.10 Å². The fourth-order valence-electron chi connectivity index (χ4n) is 2.11. The highest BCUT2D eigenvalue weighted by atomic mass is 19.1. The molecular formula is C18H18F2N2O4. The number of rotatable bonds is 7. The number of carbonyl (C=O) groups excluding carboxylic acids is 2. The van der Waals surface area contributed by atoms with Gasteiger partial charge in [0.1, 0.15) is 11.6 Å². The Hall–Kier alpha value is -3.00. The van der Waals surface area contributed by atoms with E-state index in [1.165, 1.54) is 13.0 Å². The van der Waals surface area contributed by atoms with Crippen molar-refractivity contribution >= 4 is 23.3 Å². The summed E-state index contributed by atoms with van der Waals surface area (Å²) in [5, 5.41) is 14.0. The van der Waals surface area contributed by atoms with Crippen LogP contribution in [-0.4, -0.2) is 36.2 Å². The maximum absolute atomic E-state index is 13.6. The van der Waals surface area contributed by atoms with E-state index in [1.54, 1.807) is 18.2 Å². The van der Waals surface area contributed by atoms with Crippen molar-refractivity contribution in [1.29, 1.82) is 0 Å². The lowest BCUT2D eigenvalue weighted by molar-refractivity contribution is -0.123. The molecule has 0 aliphatic carbocycles. The fourth-order valence-corrected chi connectivity index (χ4v) is 2.11. The second kappa shape index (κ2) is 8.91. The molecule has 0 heterocycles. The molecule has 1 atom stereocenters. The molecule has 2 aromatic carbocycles. The van der Waals surface area contributed by atoms with Crippen molar-refractivity contribution < 1.29 is 28.2 Å². The van der Waals surface area contributed by atoms with Gasteiger partial charge in [-0.05, 0) is 31.2 Å². The highest BCUT2D eigenvalue weighted by molar-refractivity contribution is 5.99. The molecule has 138 valence electrons. The van der Waals surface area contributed by atoms with Crippen molar-refractivity contribution in [2.75, 3.05) is 23.8 Å². The molecule has 1 amide bonds. The summed E-state index contributed by atoms with van der Waals surface area (Å²) in [6, 6.07) is 9.17. The number of amides is 1. The molecule has 0 aliphatic rings. The Balaban J connectivity index is 2.03. The fraction of sp³-hybridized carbons (Fsp3) is 0.222. The standard InChI is InChI=1S/C18H18F2N2O4/c1-11(17(24)22-16-7-6-12(19)10-14(16)20)26-18(25)13-4-2-3-5-15(13)21-8-9-23/h2-7,10-11,21,23H,8-9H2,1H3,(H,22,24)/t11-/m0/s1. The highest BCUT2D eigenvalue weighted by Gasteiger charge is 2.21. The number of nitrogens with one attached hydrogen (secondary N) is 2. The Labute approximate surface area is 148 Å². The lowest BCUT2D eigenvalue weighted by Gasteiger charge is -2.16. The summed E-state index contributed by atoms with van der Waals surface area (Å²) in [5.74, 6) is -3.22. The number of aliphatic hydroxyl groups excluding tert-OH is 1. The van der Waals surface area contributed by atoms with Crippen LogP contribution in [0.4, 0.5) is 20.2 Å². The summed E-state index contributed by atoms with van der Waals surface area (Å²) < 4.78 is 31.6. The Kier molecular flexibility index (Phi) is 6.62. The highest BCUT2D eigenvalue weighted by Crippen LogP contribution is 2.18. The van der Waals surface area contributed by atoms with E-state index in [0.29, 0.717) is 11.8 Å². The van der Waals surface area contributed by atoms with Gasteiger partial charge in [-0.2, -0.15) is 0 Å². The Morgan fingerprint density at radius 1 is 1.15 bits per heavy atom. The van der Waals surface area contributed by atoms with Gasteiger partial charge < -0.3 is 20.5 Å². The van der Waals surface area contributed by atoms with Crippen molar-refractivity contribution in [3.05, 3.63) is 59.7 Å². The number of halogens is 2. The van der Waals surface area contributed by atoms with Crippen LogP contribution in [0.1, 0.15) is 17.3 Å². The van der Waals surface area contributed by atoms with Crippen LogP contribution in [0.3, 0.4) is 0 Å². The minimum atomic E-state index is -1.21. The number of para-hydroxylation sites is 1. The van der Waals surface area contributed by atoms with E-state index in [1.807, 2.05) is 0 Å². The average Bonchev–Trinajstić information content (AvgIpc) is 2.62. The molecule has 0 spiro atoms. The van der Waals surface area contributed by atoms with Gasteiger partial charge in [-0.15, -0.1) is 0 Å². The molecule has 0 fully saturated rings. The third-order valence-corrected chi connectivity index (χ3v) is 3.42. The van der Waals surface area contributed by atoms with E-state index in [2.05, 4.69) is 10.6 Å². The molecule has 0 saturated heterocycles. The van der Waals surface area contributed by atoms with E-state index >= 15 is 0 Å². The molecule has 6 nitrogen and oxygen atoms in total. The van der Waals surface area contributed by atoms with Gasteiger partial charge in [-0.3, -0.25) is 4.79 Å². The Bertz CT molecular complexity index is 799. The molecular weight excluding hydrogens is 346 g/mol. The second-order valence-corrected chi connectivity index (χ2v) is 5.36. The van der Waals surface area contributed by atoms with Gasteiger partial charge in [0, 0.05) is 18.3 Å². The number of esters is 1. The zero-order chi connectivity index (χ0) is 19.1. The third kappa shape index (κ3) is 5.00. The lowest BCUT2D eigenvalue weighted by Crippen LogP contribution is -2.30. The third-order valence-electron chi connectivity index (χ3n) is 3.42. The average molecular weight is 364 g/mol. The number of ether oxygens (including phenoxy) is 1. The molecule has 3 N–H and O–H groups in total. The summed E-state index contributed by atoms with van der Waals surface area (Å²) in [4.78, 5) is 24.4. The summed E-state index contributed by atoms with van der Waals surface area (Å²) in [5.41, 5.74) is 0.418. The van der Waals surface area contributed by atoms with Crippen LogP contribution >= 0.6 is 0 Å². The molecule has 0 unspecified atom stereocenters. The largest absolute Gasteiger partial charge is 0.449 e. The minimum absolute atomic E-state index is 0.120. The number of benzene rings is 2. The number of aliphatic hydroxyl groups is 1. The van der Waals surface area contributed by atoms with Gasteiger partial charge >= 0.3 is 5.97 Å². The monoisotopic (exact) mass is 364 g/mol. The lowest BCUT2D eigenvalue weighted by atomic mass is 10.1. The smallest absolute Gasteiger partial charge is 0.341 e. The van der Waals surface area contributed by atoms with E-state index in [-0.39, 0.29) is 24.4 Å². The van der Waals surface area contributed by atoms with E-state index in [4.69, 9.17) is 9.84 Å². The van der Waals surface area contributed by atoms with Gasteiger partial charge in [-0.25, -0.2) is 13.6 Å². The Morgan fingerprint density at radius 3 is 2.58 bits per heavy atom. The summed E-state index contributed by atoms with van der Waals surface area (Å²) in [6.07, 6.45) is -1.21. The molecule has 26 heavy (non-hydrogen) atoms. The van der Waals surface area contributed by atoms with Gasteiger partial charge in [0.2, 0.25) is 0 Å². The molecule has 0 bridgehead atoms. The number of hydrogen-bond donors (Lipinski definition) is 3. The van der Waals surface area contributed by atoms with Crippen molar-refractivity contribution in [1.82, 2.24) is 0 Å². The van der Waals surface area contributed by atoms with E-state index in [9.17, 15) is 18.4 Å². The van der Waals surface area contributed by atoms with Crippen LogP contribution in [0.5, 0.6) is 0 Å². The molecule has 0 radical (unpaired) electrons. The molecule has 2 rings (SSSR count). The zero-order valence-electron chi connectivity index (χ0n) is 14.0. The SMILES string of the molecule is C[C@H](OC(=O)c1ccccc1NCCO)C(=O)Nc1ccc(F)cc1F. The maximum atomic E-state index is 13.6. The van der Waals surface area contributed by atoms with Crippen molar-refractivity contribution in [2.45, 2.75) is 13.0 Å². The molecule has 2 aromatic rings. The molecule has 8 heteroatoms. The van der Waals surface area contributed by atoms with Crippen LogP contribution in [0.15, 0.2) is 42.5 Å². The summed E-state index contributed by atoms with van der Waals surface area (Å²) in [6.45, 7) is 1.45. The van der Waals surface area contributed by atoms with Crippen molar-refractivity contribution in [3.8, 4) is 0 Å². The van der Waals surface area contributed by atoms with Crippen LogP contribution in [0.25, 0.3) is 0 Å².